The predicted molar refractivity (Wildman–Crippen MR) is 102 cm³/mol. The minimum Gasteiger partial charge on any atom is -0.411 e. The molecule has 0 unspecified atom stereocenters. The van der Waals surface area contributed by atoms with Crippen molar-refractivity contribution < 1.29 is 9.22 Å². The maximum Gasteiger partial charge on any atom is 0.192 e. The lowest BCUT2D eigenvalue weighted by molar-refractivity contribution is 0.0870. The van der Waals surface area contributed by atoms with Crippen LogP contribution < -0.4 is 0 Å². The van der Waals surface area contributed by atoms with E-state index in [9.17, 15) is 4.79 Å². The Labute approximate surface area is 148 Å². The molecule has 1 heterocycles. The zero-order valence-electron chi connectivity index (χ0n) is 16.2. The Morgan fingerprint density at radius 1 is 1.21 bits per heavy atom. The molecule has 2 rings (SSSR count). The number of carbonyl (C=O) groups excluding carboxylic acids is 1. The Bertz CT molecular complexity index is 569. The van der Waals surface area contributed by atoms with Crippen molar-refractivity contribution in [2.24, 2.45) is 11.8 Å². The second-order valence-electron chi connectivity index (χ2n) is 8.88. The van der Waals surface area contributed by atoms with Crippen LogP contribution >= 0.6 is 0 Å². The Morgan fingerprint density at radius 2 is 1.83 bits per heavy atom. The van der Waals surface area contributed by atoms with Gasteiger partial charge in [0.15, 0.2) is 14.1 Å². The van der Waals surface area contributed by atoms with E-state index >= 15 is 0 Å². The normalized spacial score (nSPS) is 22.4. The van der Waals surface area contributed by atoms with Gasteiger partial charge in [0.2, 0.25) is 0 Å². The highest BCUT2D eigenvalue weighted by molar-refractivity contribution is 6.74. The second-order valence-corrected chi connectivity index (χ2v) is 13.7. The van der Waals surface area contributed by atoms with Gasteiger partial charge in [0.05, 0.1) is 12.3 Å². The van der Waals surface area contributed by atoms with E-state index in [4.69, 9.17) is 4.43 Å². The summed E-state index contributed by atoms with van der Waals surface area (Å²) in [5.74, 6) is 1.13. The summed E-state index contributed by atoms with van der Waals surface area (Å²) in [6.45, 7) is 14.0. The van der Waals surface area contributed by atoms with Crippen molar-refractivity contribution in [1.82, 2.24) is 4.98 Å². The van der Waals surface area contributed by atoms with Crippen molar-refractivity contribution in [3.63, 3.8) is 0 Å². The molecule has 24 heavy (non-hydrogen) atoms. The molecule has 0 aliphatic heterocycles. The molecular formula is C20H33NO2Si. The number of rotatable bonds is 5. The average molecular weight is 348 g/mol. The molecule has 4 heteroatoms. The van der Waals surface area contributed by atoms with Gasteiger partial charge in [0.1, 0.15) is 5.69 Å². The molecular weight excluding hydrogens is 314 g/mol. The number of aromatic nitrogens is 1. The first-order chi connectivity index (χ1) is 11.1. The summed E-state index contributed by atoms with van der Waals surface area (Å²) in [7, 11) is -1.80. The number of Topliss-reactive ketones (excluding diaryl/α,β-unsaturated/α-hetero) is 1. The fraction of sp³-hybridized carbons (Fsp3) is 0.700. The highest BCUT2D eigenvalue weighted by Crippen LogP contribution is 2.37. The van der Waals surface area contributed by atoms with Gasteiger partial charge in [-0.25, -0.2) is 4.98 Å². The highest BCUT2D eigenvalue weighted by Gasteiger charge is 2.37. The molecule has 0 aromatic carbocycles. The fourth-order valence-electron chi connectivity index (χ4n) is 2.90. The summed E-state index contributed by atoms with van der Waals surface area (Å²) in [5.41, 5.74) is 1.49. The van der Waals surface area contributed by atoms with Gasteiger partial charge in [-0.15, -0.1) is 0 Å². The Balaban J connectivity index is 2.02. The van der Waals surface area contributed by atoms with E-state index in [0.717, 1.165) is 37.3 Å². The Hall–Kier alpha value is -1.00. The van der Waals surface area contributed by atoms with Crippen LogP contribution in [0.5, 0.6) is 0 Å². The van der Waals surface area contributed by atoms with Gasteiger partial charge in [-0.05, 0) is 49.0 Å². The smallest absolute Gasteiger partial charge is 0.192 e. The van der Waals surface area contributed by atoms with Gasteiger partial charge in [0.25, 0.3) is 0 Å². The quantitative estimate of drug-likeness (QED) is 0.513. The van der Waals surface area contributed by atoms with Crippen LogP contribution in [0.15, 0.2) is 18.2 Å². The molecule has 1 aromatic heterocycles. The number of hydrogen-bond acceptors (Lipinski definition) is 3. The van der Waals surface area contributed by atoms with Crippen molar-refractivity contribution in [1.29, 1.82) is 0 Å². The van der Waals surface area contributed by atoms with Crippen molar-refractivity contribution in [3.05, 3.63) is 29.6 Å². The van der Waals surface area contributed by atoms with Crippen LogP contribution in [0.3, 0.4) is 0 Å². The maximum absolute atomic E-state index is 12.7. The molecule has 0 amide bonds. The van der Waals surface area contributed by atoms with Crippen LogP contribution in [0.4, 0.5) is 0 Å². The first-order valence-corrected chi connectivity index (χ1v) is 12.1. The van der Waals surface area contributed by atoms with E-state index in [1.165, 1.54) is 0 Å². The first kappa shape index (κ1) is 19.3. The Kier molecular flexibility index (Phi) is 6.03. The van der Waals surface area contributed by atoms with Crippen LogP contribution in [0.25, 0.3) is 0 Å². The van der Waals surface area contributed by atoms with Crippen molar-refractivity contribution in [2.75, 3.05) is 0 Å². The third-order valence-electron chi connectivity index (χ3n) is 5.83. The first-order valence-electron chi connectivity index (χ1n) is 9.24. The summed E-state index contributed by atoms with van der Waals surface area (Å²) >= 11 is 0. The van der Waals surface area contributed by atoms with E-state index in [0.29, 0.717) is 12.3 Å². The predicted octanol–water partition coefficient (Wildman–Crippen LogP) is 5.61. The molecule has 1 fully saturated rings. The molecule has 1 saturated carbocycles. The summed E-state index contributed by atoms with van der Waals surface area (Å²) in [5, 5.41) is 0.180. The van der Waals surface area contributed by atoms with E-state index in [1.807, 2.05) is 18.2 Å². The van der Waals surface area contributed by atoms with Crippen molar-refractivity contribution in [2.45, 2.75) is 78.1 Å². The minimum atomic E-state index is -1.80. The molecule has 1 aliphatic rings. The molecule has 0 radical (unpaired) electrons. The van der Waals surface area contributed by atoms with Gasteiger partial charge >= 0.3 is 0 Å². The van der Waals surface area contributed by atoms with Gasteiger partial charge in [-0.1, -0.05) is 46.6 Å². The average Bonchev–Trinajstić information content (AvgIpc) is 2.52. The Morgan fingerprint density at radius 3 is 2.42 bits per heavy atom. The number of nitrogens with zero attached hydrogens (tertiary/aromatic N) is 1. The van der Waals surface area contributed by atoms with E-state index in [1.54, 1.807) is 0 Å². The molecule has 134 valence electrons. The summed E-state index contributed by atoms with van der Waals surface area (Å²) in [4.78, 5) is 17.3. The van der Waals surface area contributed by atoms with Crippen LogP contribution in [0, 0.1) is 11.8 Å². The second kappa shape index (κ2) is 7.48. The van der Waals surface area contributed by atoms with Crippen LogP contribution in [-0.2, 0) is 11.0 Å². The van der Waals surface area contributed by atoms with Gasteiger partial charge in [-0.3, -0.25) is 4.79 Å². The topological polar surface area (TPSA) is 39.2 Å². The minimum absolute atomic E-state index is 0.158. The molecule has 1 aromatic rings. The monoisotopic (exact) mass is 347 g/mol. The summed E-state index contributed by atoms with van der Waals surface area (Å²) in [6.07, 6.45) is 4.33. The van der Waals surface area contributed by atoms with Gasteiger partial charge in [0, 0.05) is 5.92 Å². The summed E-state index contributed by atoms with van der Waals surface area (Å²) < 4.78 is 6.24. The zero-order chi connectivity index (χ0) is 18.0. The standard InChI is InChI=1S/C20H33NO2Si/c1-15-10-12-16(13-11-15)19(22)18-9-7-8-17(21-18)14-23-24(5,6)20(2,3)4/h7-9,15-16H,10-14H2,1-6H3. The number of ketones is 1. The largest absolute Gasteiger partial charge is 0.411 e. The fourth-order valence-corrected chi connectivity index (χ4v) is 3.84. The van der Waals surface area contributed by atoms with Crippen molar-refractivity contribution >= 4 is 14.1 Å². The lowest BCUT2D eigenvalue weighted by Crippen LogP contribution is -2.40. The molecule has 0 atom stereocenters. The molecule has 0 saturated heterocycles. The van der Waals surface area contributed by atoms with Crippen LogP contribution in [0.2, 0.25) is 18.1 Å². The van der Waals surface area contributed by atoms with Crippen LogP contribution in [-0.4, -0.2) is 19.1 Å². The number of pyridine rings is 1. The van der Waals surface area contributed by atoms with E-state index < -0.39 is 8.32 Å². The lowest BCUT2D eigenvalue weighted by atomic mass is 9.80. The molecule has 0 N–H and O–H groups in total. The number of hydrogen-bond donors (Lipinski definition) is 0. The van der Waals surface area contributed by atoms with E-state index in [2.05, 4.69) is 45.8 Å². The molecule has 0 bridgehead atoms. The molecule has 0 spiro atoms. The van der Waals surface area contributed by atoms with Gasteiger partial charge in [-0.2, -0.15) is 0 Å². The maximum atomic E-state index is 12.7. The van der Waals surface area contributed by atoms with E-state index in [-0.39, 0.29) is 16.7 Å². The summed E-state index contributed by atoms with van der Waals surface area (Å²) in [6, 6.07) is 5.76. The van der Waals surface area contributed by atoms with Crippen LogP contribution in [0.1, 0.15) is 69.6 Å². The SMILES string of the molecule is CC1CCC(C(=O)c2cccc(CO[Si](C)(C)C(C)(C)C)n2)CC1. The number of carbonyl (C=O) groups is 1. The third kappa shape index (κ3) is 4.76. The van der Waals surface area contributed by atoms with Crippen molar-refractivity contribution in [3.8, 4) is 0 Å². The third-order valence-corrected chi connectivity index (χ3v) is 10.3. The lowest BCUT2D eigenvalue weighted by Gasteiger charge is -2.36. The zero-order valence-corrected chi connectivity index (χ0v) is 17.2. The molecule has 3 nitrogen and oxygen atoms in total. The highest BCUT2D eigenvalue weighted by atomic mass is 28.4. The molecule has 1 aliphatic carbocycles. The van der Waals surface area contributed by atoms with Gasteiger partial charge < -0.3 is 4.43 Å².